The zero-order chi connectivity index (χ0) is 15.9. The summed E-state index contributed by atoms with van der Waals surface area (Å²) in [7, 11) is 0. The van der Waals surface area contributed by atoms with Crippen LogP contribution in [0, 0.1) is 6.08 Å². The highest BCUT2D eigenvalue weighted by Gasteiger charge is 1.95. The summed E-state index contributed by atoms with van der Waals surface area (Å²) in [6.45, 7) is 4.53. The second kappa shape index (κ2) is 13.6. The second-order valence-electron chi connectivity index (χ2n) is 6.41. The Morgan fingerprint density at radius 3 is 2.00 bits per heavy atom. The van der Waals surface area contributed by atoms with Crippen molar-refractivity contribution in [3.05, 3.63) is 47.5 Å². The summed E-state index contributed by atoms with van der Waals surface area (Å²) in [4.78, 5) is 0. The van der Waals surface area contributed by atoms with Crippen molar-refractivity contribution in [3.8, 4) is 0 Å². The van der Waals surface area contributed by atoms with E-state index in [0.29, 0.717) is 0 Å². The van der Waals surface area contributed by atoms with Crippen LogP contribution in [-0.4, -0.2) is 0 Å². The van der Waals surface area contributed by atoms with Gasteiger partial charge in [0.15, 0.2) is 0 Å². The van der Waals surface area contributed by atoms with Crippen LogP contribution in [0.5, 0.6) is 0 Å². The summed E-state index contributed by atoms with van der Waals surface area (Å²) < 4.78 is 0. The summed E-state index contributed by atoms with van der Waals surface area (Å²) in [5.74, 6) is 0. The van der Waals surface area contributed by atoms with E-state index in [9.17, 15) is 0 Å². The molecule has 0 fully saturated rings. The Morgan fingerprint density at radius 2 is 1.32 bits per heavy atom. The number of unbranched alkanes of at least 4 members (excludes halogenated alkanes) is 9. The minimum Gasteiger partial charge on any atom is -0.0760 e. The lowest BCUT2D eigenvalue weighted by atomic mass is 10.0. The Labute approximate surface area is 139 Å². The third kappa shape index (κ3) is 9.82. The molecule has 1 aromatic carbocycles. The molecule has 0 saturated carbocycles. The number of benzene rings is 1. The SMILES string of the molecule is CCCCCC/C=[C]\c1ccc(CCCCCCCC)cc1. The molecule has 0 aliphatic carbocycles. The first-order valence-electron chi connectivity index (χ1n) is 9.54. The average molecular weight is 300 g/mol. The largest absolute Gasteiger partial charge is 0.0760 e. The minimum absolute atomic E-state index is 1.17. The molecule has 123 valence electrons. The second-order valence-corrected chi connectivity index (χ2v) is 6.41. The van der Waals surface area contributed by atoms with Gasteiger partial charge in [-0.2, -0.15) is 0 Å². The van der Waals surface area contributed by atoms with Crippen LogP contribution in [0.15, 0.2) is 30.3 Å². The fraction of sp³-hybridized carbons (Fsp3) is 0.636. The molecule has 1 radical (unpaired) electrons. The van der Waals surface area contributed by atoms with Gasteiger partial charge in [-0.15, -0.1) is 0 Å². The van der Waals surface area contributed by atoms with E-state index in [1.807, 2.05) is 0 Å². The van der Waals surface area contributed by atoms with Crippen molar-refractivity contribution < 1.29 is 0 Å². The molecule has 0 aliphatic heterocycles. The van der Waals surface area contributed by atoms with Gasteiger partial charge in [0.2, 0.25) is 0 Å². The van der Waals surface area contributed by atoms with Crippen LogP contribution >= 0.6 is 0 Å². The van der Waals surface area contributed by atoms with Crippen LogP contribution in [0.3, 0.4) is 0 Å². The molecule has 0 saturated heterocycles. The van der Waals surface area contributed by atoms with Crippen LogP contribution < -0.4 is 0 Å². The van der Waals surface area contributed by atoms with Crippen molar-refractivity contribution in [2.24, 2.45) is 0 Å². The van der Waals surface area contributed by atoms with Crippen LogP contribution in [0.2, 0.25) is 0 Å². The van der Waals surface area contributed by atoms with E-state index in [4.69, 9.17) is 0 Å². The van der Waals surface area contributed by atoms with E-state index in [1.165, 1.54) is 88.2 Å². The normalized spacial score (nSPS) is 11.4. The van der Waals surface area contributed by atoms with E-state index in [0.717, 1.165) is 0 Å². The van der Waals surface area contributed by atoms with E-state index >= 15 is 0 Å². The summed E-state index contributed by atoms with van der Waals surface area (Å²) in [6, 6.07) is 8.99. The summed E-state index contributed by atoms with van der Waals surface area (Å²) >= 11 is 0. The molecule has 0 aliphatic rings. The molecule has 0 heteroatoms. The molecular weight excluding hydrogens is 264 g/mol. The van der Waals surface area contributed by atoms with Crippen molar-refractivity contribution >= 4 is 0 Å². The molecule has 0 atom stereocenters. The number of aryl methyl sites for hydroxylation is 1. The van der Waals surface area contributed by atoms with Crippen molar-refractivity contribution in [2.45, 2.75) is 90.9 Å². The van der Waals surface area contributed by atoms with Gasteiger partial charge in [0.1, 0.15) is 0 Å². The first kappa shape index (κ1) is 19.0. The molecule has 0 unspecified atom stereocenters. The standard InChI is InChI=1S/C22H35/c1-3-5-7-9-11-13-15-21-17-19-22(20-18-21)16-14-12-10-8-6-4-2/h13,17-20H,3-12,14,16H2,1-2H3. The molecule has 0 spiro atoms. The van der Waals surface area contributed by atoms with Gasteiger partial charge in [0, 0.05) is 0 Å². The van der Waals surface area contributed by atoms with Gasteiger partial charge >= 0.3 is 0 Å². The molecule has 0 heterocycles. The van der Waals surface area contributed by atoms with Gasteiger partial charge in [-0.3, -0.25) is 0 Å². The van der Waals surface area contributed by atoms with E-state index in [-0.39, 0.29) is 0 Å². The smallest absolute Gasteiger partial charge is 0.0149 e. The zero-order valence-corrected chi connectivity index (χ0v) is 14.9. The Balaban J connectivity index is 2.15. The molecule has 22 heavy (non-hydrogen) atoms. The third-order valence-corrected chi connectivity index (χ3v) is 4.24. The maximum absolute atomic E-state index is 3.41. The quantitative estimate of drug-likeness (QED) is 0.336. The lowest BCUT2D eigenvalue weighted by molar-refractivity contribution is 0.607. The molecule has 0 aromatic heterocycles. The average Bonchev–Trinajstić information content (AvgIpc) is 2.55. The van der Waals surface area contributed by atoms with Crippen molar-refractivity contribution in [2.75, 3.05) is 0 Å². The first-order valence-corrected chi connectivity index (χ1v) is 9.54. The molecule has 0 N–H and O–H groups in total. The number of allylic oxidation sites excluding steroid dienone is 1. The number of hydrogen-bond donors (Lipinski definition) is 0. The lowest BCUT2D eigenvalue weighted by Gasteiger charge is -2.02. The minimum atomic E-state index is 1.17. The molecular formula is C22H35. The Morgan fingerprint density at radius 1 is 0.727 bits per heavy atom. The highest BCUT2D eigenvalue weighted by molar-refractivity contribution is 5.27. The maximum atomic E-state index is 3.41. The molecule has 0 nitrogen and oxygen atoms in total. The van der Waals surface area contributed by atoms with Gasteiger partial charge in [-0.05, 0) is 42.9 Å². The fourth-order valence-corrected chi connectivity index (χ4v) is 2.74. The number of rotatable bonds is 13. The highest BCUT2D eigenvalue weighted by Crippen LogP contribution is 2.12. The lowest BCUT2D eigenvalue weighted by Crippen LogP contribution is -1.87. The molecule has 1 aromatic rings. The number of hydrogen-bond acceptors (Lipinski definition) is 0. The predicted molar refractivity (Wildman–Crippen MR) is 99.2 cm³/mol. The first-order chi connectivity index (χ1) is 10.9. The monoisotopic (exact) mass is 299 g/mol. The Kier molecular flexibility index (Phi) is 11.8. The van der Waals surface area contributed by atoms with Gasteiger partial charge < -0.3 is 0 Å². The third-order valence-electron chi connectivity index (χ3n) is 4.24. The molecule has 1 rings (SSSR count). The summed E-state index contributed by atoms with van der Waals surface area (Å²) in [5.41, 5.74) is 2.70. The van der Waals surface area contributed by atoms with Crippen LogP contribution in [-0.2, 0) is 6.42 Å². The van der Waals surface area contributed by atoms with Gasteiger partial charge in [-0.25, -0.2) is 0 Å². The highest BCUT2D eigenvalue weighted by atomic mass is 14.0. The van der Waals surface area contributed by atoms with Crippen LogP contribution in [0.25, 0.3) is 0 Å². The van der Waals surface area contributed by atoms with E-state index < -0.39 is 0 Å². The van der Waals surface area contributed by atoms with Crippen molar-refractivity contribution in [1.29, 1.82) is 0 Å². The zero-order valence-electron chi connectivity index (χ0n) is 14.9. The fourth-order valence-electron chi connectivity index (χ4n) is 2.74. The van der Waals surface area contributed by atoms with Gasteiger partial charge in [-0.1, -0.05) is 95.6 Å². The van der Waals surface area contributed by atoms with Crippen molar-refractivity contribution in [3.63, 3.8) is 0 Å². The Hall–Kier alpha value is -1.04. The summed E-state index contributed by atoms with van der Waals surface area (Å²) in [6.07, 6.45) is 21.6. The van der Waals surface area contributed by atoms with Crippen LogP contribution in [0.1, 0.15) is 95.6 Å². The van der Waals surface area contributed by atoms with E-state index in [2.05, 4.69) is 50.3 Å². The maximum Gasteiger partial charge on any atom is -0.0149 e. The molecule has 0 bridgehead atoms. The summed E-state index contributed by atoms with van der Waals surface area (Å²) in [5, 5.41) is 0. The topological polar surface area (TPSA) is 0 Å². The molecule has 0 amide bonds. The van der Waals surface area contributed by atoms with E-state index in [1.54, 1.807) is 0 Å². The Bertz CT molecular complexity index is 372. The predicted octanol–water partition coefficient (Wildman–Crippen LogP) is 7.27. The van der Waals surface area contributed by atoms with Gasteiger partial charge in [0.25, 0.3) is 0 Å². The van der Waals surface area contributed by atoms with Crippen molar-refractivity contribution in [1.82, 2.24) is 0 Å². The van der Waals surface area contributed by atoms with Gasteiger partial charge in [0.05, 0.1) is 0 Å². The van der Waals surface area contributed by atoms with Crippen LogP contribution in [0.4, 0.5) is 0 Å².